The van der Waals surface area contributed by atoms with E-state index in [2.05, 4.69) is 10.6 Å². The monoisotopic (exact) mass is 420 g/mol. The van der Waals surface area contributed by atoms with Gasteiger partial charge in [-0.25, -0.2) is 9.59 Å². The molecule has 2 aromatic rings. The Hall–Kier alpha value is -3.47. The first-order chi connectivity index (χ1) is 13.7. The van der Waals surface area contributed by atoms with Gasteiger partial charge in [-0.3, -0.25) is 20.2 Å². The van der Waals surface area contributed by atoms with Gasteiger partial charge in [0.2, 0.25) is 0 Å². The lowest BCUT2D eigenvalue weighted by atomic mass is 10.1. The van der Waals surface area contributed by atoms with Gasteiger partial charge in [0.1, 0.15) is 10.7 Å². The number of hydrogen-bond acceptors (Lipinski definition) is 7. The van der Waals surface area contributed by atoms with Crippen molar-refractivity contribution in [1.82, 2.24) is 4.90 Å². The number of esters is 1. The number of nitrogens with zero attached hydrogens (tertiary/aromatic N) is 2. The summed E-state index contributed by atoms with van der Waals surface area (Å²) in [5, 5.41) is 16.1. The van der Waals surface area contributed by atoms with Crippen molar-refractivity contribution in [3.05, 3.63) is 50.4 Å². The van der Waals surface area contributed by atoms with Crippen molar-refractivity contribution >= 4 is 45.6 Å². The highest BCUT2D eigenvalue weighted by Gasteiger charge is 2.27. The molecule has 0 bridgehead atoms. The van der Waals surface area contributed by atoms with Crippen molar-refractivity contribution in [3.8, 4) is 0 Å². The number of carbonyl (C=O) groups is 3. The molecule has 29 heavy (non-hydrogen) atoms. The molecule has 0 atom stereocenters. The van der Waals surface area contributed by atoms with E-state index in [9.17, 15) is 24.5 Å². The molecule has 154 valence electrons. The minimum absolute atomic E-state index is 0.00875. The highest BCUT2D eigenvalue weighted by molar-refractivity contribution is 7.18. The van der Waals surface area contributed by atoms with Gasteiger partial charge in [0.15, 0.2) is 0 Å². The number of para-hydroxylation sites is 2. The van der Waals surface area contributed by atoms with Crippen LogP contribution in [0.4, 0.5) is 21.2 Å². The molecule has 0 aliphatic rings. The highest BCUT2D eigenvalue weighted by atomic mass is 32.1. The van der Waals surface area contributed by atoms with Gasteiger partial charge in [0.25, 0.3) is 11.6 Å². The van der Waals surface area contributed by atoms with Crippen LogP contribution >= 0.6 is 11.3 Å². The van der Waals surface area contributed by atoms with E-state index in [4.69, 9.17) is 4.74 Å². The molecule has 3 amide bonds. The minimum Gasteiger partial charge on any atom is -0.462 e. The van der Waals surface area contributed by atoms with E-state index in [1.54, 1.807) is 27.9 Å². The zero-order chi connectivity index (χ0) is 21.7. The molecule has 10 nitrogen and oxygen atoms in total. The summed E-state index contributed by atoms with van der Waals surface area (Å²) in [6.07, 6.45) is 0. The predicted octanol–water partition coefficient (Wildman–Crippen LogP) is 3.49. The van der Waals surface area contributed by atoms with E-state index in [1.165, 1.54) is 29.2 Å². The molecule has 0 radical (unpaired) electrons. The van der Waals surface area contributed by atoms with Crippen molar-refractivity contribution < 1.29 is 24.0 Å². The Balaban J connectivity index is 2.37. The number of hydrogen-bond donors (Lipinski definition) is 2. The van der Waals surface area contributed by atoms with Gasteiger partial charge in [0, 0.05) is 20.2 Å². The van der Waals surface area contributed by atoms with E-state index in [0.717, 1.165) is 11.3 Å². The second-order valence-corrected chi connectivity index (χ2v) is 7.05. The van der Waals surface area contributed by atoms with E-state index in [0.29, 0.717) is 5.56 Å². The van der Waals surface area contributed by atoms with Crippen LogP contribution in [0.15, 0.2) is 24.3 Å². The fourth-order valence-electron chi connectivity index (χ4n) is 2.45. The van der Waals surface area contributed by atoms with Crippen molar-refractivity contribution in [2.24, 2.45) is 0 Å². The molecular weight excluding hydrogens is 400 g/mol. The molecule has 0 unspecified atom stereocenters. The Kier molecular flexibility index (Phi) is 6.89. The average Bonchev–Trinajstić information content (AvgIpc) is 2.97. The summed E-state index contributed by atoms with van der Waals surface area (Å²) < 4.78 is 5.04. The lowest BCUT2D eigenvalue weighted by Crippen LogP contribution is -2.21. The topological polar surface area (TPSA) is 131 Å². The number of rotatable bonds is 6. The van der Waals surface area contributed by atoms with Gasteiger partial charge in [-0.1, -0.05) is 12.1 Å². The zero-order valence-corrected chi connectivity index (χ0v) is 17.1. The zero-order valence-electron chi connectivity index (χ0n) is 16.3. The summed E-state index contributed by atoms with van der Waals surface area (Å²) in [7, 11) is 3.14. The normalized spacial score (nSPS) is 10.2. The Labute approximate surface area is 170 Å². The summed E-state index contributed by atoms with van der Waals surface area (Å²) in [6, 6.07) is 4.85. The Morgan fingerprint density at radius 3 is 2.45 bits per heavy atom. The molecule has 2 rings (SSSR count). The number of nitrogens with one attached hydrogen (secondary N) is 2. The molecule has 1 aromatic heterocycles. The predicted molar refractivity (Wildman–Crippen MR) is 109 cm³/mol. The number of carbonyl (C=O) groups excluding carboxylic acids is 3. The summed E-state index contributed by atoms with van der Waals surface area (Å²) >= 11 is 0.928. The van der Waals surface area contributed by atoms with Crippen LogP contribution in [0.2, 0.25) is 0 Å². The van der Waals surface area contributed by atoms with E-state index >= 15 is 0 Å². The number of nitro groups is 1. The first kappa shape index (κ1) is 21.8. The number of nitro benzene ring substituents is 1. The Morgan fingerprint density at radius 2 is 1.86 bits per heavy atom. The molecule has 0 saturated heterocycles. The van der Waals surface area contributed by atoms with Gasteiger partial charge in [-0.05, 0) is 25.5 Å². The van der Waals surface area contributed by atoms with Crippen LogP contribution in [0, 0.1) is 17.0 Å². The number of benzene rings is 1. The number of anilines is 2. The third-order valence-electron chi connectivity index (χ3n) is 3.80. The van der Waals surface area contributed by atoms with Gasteiger partial charge < -0.3 is 15.0 Å². The molecule has 0 aliphatic carbocycles. The third kappa shape index (κ3) is 4.88. The SMILES string of the molecule is CCOC(=O)c1c(NC(=O)Nc2ccccc2[N+](=O)[O-])sc(C(=O)N(C)C)c1C. The van der Waals surface area contributed by atoms with Crippen LogP contribution in [-0.2, 0) is 4.74 Å². The number of thiophene rings is 1. The van der Waals surface area contributed by atoms with Crippen LogP contribution in [0.3, 0.4) is 0 Å². The first-order valence-electron chi connectivity index (χ1n) is 8.50. The maximum atomic E-state index is 12.4. The van der Waals surface area contributed by atoms with Crippen molar-refractivity contribution in [2.75, 3.05) is 31.3 Å². The molecular formula is C18H20N4O6S. The maximum absolute atomic E-state index is 12.4. The highest BCUT2D eigenvalue weighted by Crippen LogP contribution is 2.34. The molecule has 0 aliphatic heterocycles. The van der Waals surface area contributed by atoms with E-state index in [1.807, 2.05) is 0 Å². The molecule has 0 spiro atoms. The average molecular weight is 420 g/mol. The summed E-state index contributed by atoms with van der Waals surface area (Å²) in [5.74, 6) is -1.01. The Morgan fingerprint density at radius 1 is 1.21 bits per heavy atom. The lowest BCUT2D eigenvalue weighted by molar-refractivity contribution is -0.383. The van der Waals surface area contributed by atoms with E-state index in [-0.39, 0.29) is 39.3 Å². The number of ether oxygens (including phenoxy) is 1. The number of urea groups is 1. The smallest absolute Gasteiger partial charge is 0.341 e. The van der Waals surface area contributed by atoms with Crippen LogP contribution in [0.5, 0.6) is 0 Å². The van der Waals surface area contributed by atoms with Crippen LogP contribution in [0.1, 0.15) is 32.5 Å². The fourth-order valence-corrected chi connectivity index (χ4v) is 3.66. The second-order valence-electron chi connectivity index (χ2n) is 6.03. The minimum atomic E-state index is -0.796. The van der Waals surface area contributed by atoms with Crippen molar-refractivity contribution in [2.45, 2.75) is 13.8 Å². The lowest BCUT2D eigenvalue weighted by Gasteiger charge is -2.09. The van der Waals surface area contributed by atoms with Crippen molar-refractivity contribution in [1.29, 1.82) is 0 Å². The maximum Gasteiger partial charge on any atom is 0.341 e. The quantitative estimate of drug-likeness (QED) is 0.418. The number of amides is 3. The molecule has 1 aromatic carbocycles. The fraction of sp³-hybridized carbons (Fsp3) is 0.278. The largest absolute Gasteiger partial charge is 0.462 e. The molecule has 1 heterocycles. The standard InChI is InChI=1S/C18H20N4O6S/c1-5-28-17(24)13-10(2)14(16(23)21(3)4)29-15(13)20-18(25)19-11-8-6-7-9-12(11)22(26)27/h6-9H,5H2,1-4H3,(H2,19,20,25). The first-order valence-corrected chi connectivity index (χ1v) is 9.32. The van der Waals surface area contributed by atoms with Gasteiger partial charge in [0.05, 0.1) is 22.0 Å². The molecule has 0 fully saturated rings. The van der Waals surface area contributed by atoms with E-state index < -0.39 is 16.9 Å². The van der Waals surface area contributed by atoms with Crippen LogP contribution < -0.4 is 10.6 Å². The van der Waals surface area contributed by atoms with Crippen LogP contribution in [-0.4, -0.2) is 48.4 Å². The van der Waals surface area contributed by atoms with Gasteiger partial charge in [-0.2, -0.15) is 0 Å². The Bertz CT molecular complexity index is 969. The van der Waals surface area contributed by atoms with Crippen molar-refractivity contribution in [3.63, 3.8) is 0 Å². The summed E-state index contributed by atoms with van der Waals surface area (Å²) in [4.78, 5) is 49.3. The molecule has 11 heteroatoms. The van der Waals surface area contributed by atoms with Crippen LogP contribution in [0.25, 0.3) is 0 Å². The molecule has 0 saturated carbocycles. The summed E-state index contributed by atoms with van der Waals surface area (Å²) in [5.41, 5.74) is 0.164. The second kappa shape index (κ2) is 9.15. The van der Waals surface area contributed by atoms with Gasteiger partial charge in [-0.15, -0.1) is 11.3 Å². The summed E-state index contributed by atoms with van der Waals surface area (Å²) in [6.45, 7) is 3.34. The third-order valence-corrected chi connectivity index (χ3v) is 5.00. The van der Waals surface area contributed by atoms with Gasteiger partial charge >= 0.3 is 12.0 Å². The molecule has 2 N–H and O–H groups in total.